The molecular formula is C16H16FN3O2. The van der Waals surface area contributed by atoms with Gasteiger partial charge in [-0.3, -0.25) is 0 Å². The second kappa shape index (κ2) is 5.75. The second-order valence-electron chi connectivity index (χ2n) is 5.08. The Labute approximate surface area is 126 Å². The van der Waals surface area contributed by atoms with Crippen molar-refractivity contribution in [3.63, 3.8) is 0 Å². The number of nitrogens with two attached hydrogens (primary N) is 1. The topological polar surface area (TPSA) is 84.3 Å². The number of rotatable bonds is 4. The molecule has 0 spiro atoms. The lowest BCUT2D eigenvalue weighted by Crippen LogP contribution is -2.20. The molecular weight excluding hydrogens is 285 g/mol. The third kappa shape index (κ3) is 2.43. The standard InChI is InChI=1S/C16H16FN3O2/c17-12-5-2-1-4-11(12)16-19-15-13(18)6-3-7-14(15)20(16)8-10(22)9-21/h1-7,10,21-22H,8-9,18H2. The maximum Gasteiger partial charge on any atom is 0.144 e. The lowest BCUT2D eigenvalue weighted by molar-refractivity contribution is 0.0824. The van der Waals surface area contributed by atoms with Gasteiger partial charge < -0.3 is 20.5 Å². The van der Waals surface area contributed by atoms with Crippen molar-refractivity contribution in [2.45, 2.75) is 12.6 Å². The van der Waals surface area contributed by atoms with Crippen molar-refractivity contribution in [2.75, 3.05) is 12.3 Å². The summed E-state index contributed by atoms with van der Waals surface area (Å²) < 4.78 is 15.8. The monoisotopic (exact) mass is 301 g/mol. The van der Waals surface area contributed by atoms with Crippen molar-refractivity contribution in [3.8, 4) is 11.4 Å². The average molecular weight is 301 g/mol. The van der Waals surface area contributed by atoms with Crippen molar-refractivity contribution >= 4 is 16.7 Å². The van der Waals surface area contributed by atoms with E-state index in [0.29, 0.717) is 28.1 Å². The highest BCUT2D eigenvalue weighted by Crippen LogP contribution is 2.29. The van der Waals surface area contributed by atoms with E-state index in [1.165, 1.54) is 6.07 Å². The first kappa shape index (κ1) is 14.5. The van der Waals surface area contributed by atoms with Crippen LogP contribution in [0.3, 0.4) is 0 Å². The number of nitrogens with zero attached hydrogens (tertiary/aromatic N) is 2. The van der Waals surface area contributed by atoms with Gasteiger partial charge in [0.05, 0.1) is 36.0 Å². The van der Waals surface area contributed by atoms with E-state index in [4.69, 9.17) is 10.8 Å². The maximum absolute atomic E-state index is 14.1. The molecule has 0 aliphatic rings. The van der Waals surface area contributed by atoms with Gasteiger partial charge in [0.15, 0.2) is 0 Å². The van der Waals surface area contributed by atoms with E-state index >= 15 is 0 Å². The van der Waals surface area contributed by atoms with E-state index in [1.807, 2.05) is 0 Å². The van der Waals surface area contributed by atoms with Crippen LogP contribution in [0.5, 0.6) is 0 Å². The SMILES string of the molecule is Nc1cccc2c1nc(-c1ccccc1F)n2CC(O)CO. The molecule has 0 amide bonds. The summed E-state index contributed by atoms with van der Waals surface area (Å²) in [5.41, 5.74) is 7.97. The van der Waals surface area contributed by atoms with Crippen LogP contribution in [-0.4, -0.2) is 32.5 Å². The van der Waals surface area contributed by atoms with Crippen LogP contribution >= 0.6 is 0 Å². The van der Waals surface area contributed by atoms with Crippen molar-refractivity contribution < 1.29 is 14.6 Å². The molecule has 2 aromatic carbocycles. The predicted octanol–water partition coefficient (Wildman–Crippen LogP) is 1.78. The first-order valence-corrected chi connectivity index (χ1v) is 6.90. The number of fused-ring (bicyclic) bond motifs is 1. The van der Waals surface area contributed by atoms with Crippen LogP contribution in [0.15, 0.2) is 42.5 Å². The molecule has 0 saturated carbocycles. The van der Waals surface area contributed by atoms with Crippen LogP contribution in [0.1, 0.15) is 0 Å². The van der Waals surface area contributed by atoms with Crippen molar-refractivity contribution in [1.82, 2.24) is 9.55 Å². The molecule has 1 unspecified atom stereocenters. The van der Waals surface area contributed by atoms with Gasteiger partial charge in [0.2, 0.25) is 0 Å². The predicted molar refractivity (Wildman–Crippen MR) is 82.6 cm³/mol. The van der Waals surface area contributed by atoms with Crippen LogP contribution < -0.4 is 5.73 Å². The molecule has 0 radical (unpaired) electrons. The molecule has 0 saturated heterocycles. The Kier molecular flexibility index (Phi) is 3.79. The Balaban J connectivity index is 2.26. The highest BCUT2D eigenvalue weighted by atomic mass is 19.1. The van der Waals surface area contributed by atoms with Gasteiger partial charge in [0.25, 0.3) is 0 Å². The molecule has 1 heterocycles. The van der Waals surface area contributed by atoms with E-state index in [1.54, 1.807) is 41.0 Å². The number of hydrogen-bond acceptors (Lipinski definition) is 4. The highest BCUT2D eigenvalue weighted by Gasteiger charge is 2.18. The maximum atomic E-state index is 14.1. The summed E-state index contributed by atoms with van der Waals surface area (Å²) in [6.07, 6.45) is -0.968. The molecule has 0 fully saturated rings. The van der Waals surface area contributed by atoms with Crippen LogP contribution in [-0.2, 0) is 6.54 Å². The Morgan fingerprint density at radius 2 is 1.95 bits per heavy atom. The molecule has 114 valence electrons. The van der Waals surface area contributed by atoms with E-state index < -0.39 is 18.5 Å². The number of aromatic nitrogens is 2. The third-order valence-corrected chi connectivity index (χ3v) is 3.53. The fourth-order valence-electron chi connectivity index (χ4n) is 2.47. The van der Waals surface area contributed by atoms with E-state index in [-0.39, 0.29) is 6.54 Å². The largest absolute Gasteiger partial charge is 0.397 e. The fourth-order valence-corrected chi connectivity index (χ4v) is 2.47. The van der Waals surface area contributed by atoms with E-state index in [9.17, 15) is 9.50 Å². The fraction of sp³-hybridized carbons (Fsp3) is 0.188. The van der Waals surface area contributed by atoms with Crippen LogP contribution in [0.4, 0.5) is 10.1 Å². The molecule has 5 nitrogen and oxygen atoms in total. The first-order valence-electron chi connectivity index (χ1n) is 6.90. The molecule has 22 heavy (non-hydrogen) atoms. The number of aliphatic hydroxyl groups excluding tert-OH is 2. The highest BCUT2D eigenvalue weighted by molar-refractivity contribution is 5.90. The van der Waals surface area contributed by atoms with Gasteiger partial charge in [-0.1, -0.05) is 18.2 Å². The van der Waals surface area contributed by atoms with Crippen LogP contribution in [0, 0.1) is 5.82 Å². The number of imidazole rings is 1. The minimum absolute atomic E-state index is 0.0973. The van der Waals surface area contributed by atoms with Crippen molar-refractivity contribution in [1.29, 1.82) is 0 Å². The quantitative estimate of drug-likeness (QED) is 0.641. The Bertz CT molecular complexity index is 816. The average Bonchev–Trinajstić information content (AvgIpc) is 2.88. The number of aliphatic hydroxyl groups is 2. The van der Waals surface area contributed by atoms with Gasteiger partial charge in [-0.2, -0.15) is 0 Å². The number of nitrogen functional groups attached to an aromatic ring is 1. The van der Waals surface area contributed by atoms with Gasteiger partial charge in [0.1, 0.15) is 17.2 Å². The zero-order valence-corrected chi connectivity index (χ0v) is 11.8. The molecule has 1 atom stereocenters. The zero-order chi connectivity index (χ0) is 15.7. The lowest BCUT2D eigenvalue weighted by atomic mass is 10.2. The molecule has 3 rings (SSSR count). The van der Waals surface area contributed by atoms with Crippen molar-refractivity contribution in [2.24, 2.45) is 0 Å². The molecule has 3 aromatic rings. The Morgan fingerprint density at radius 3 is 2.68 bits per heavy atom. The van der Waals surface area contributed by atoms with Gasteiger partial charge in [-0.05, 0) is 24.3 Å². The summed E-state index contributed by atoms with van der Waals surface area (Å²) in [6.45, 7) is -0.293. The minimum atomic E-state index is -0.968. The molecule has 0 bridgehead atoms. The number of para-hydroxylation sites is 1. The molecule has 4 N–H and O–H groups in total. The number of hydrogen-bond donors (Lipinski definition) is 3. The normalized spacial score (nSPS) is 12.7. The van der Waals surface area contributed by atoms with E-state index in [2.05, 4.69) is 4.98 Å². The number of benzene rings is 2. The van der Waals surface area contributed by atoms with Crippen LogP contribution in [0.25, 0.3) is 22.4 Å². The summed E-state index contributed by atoms with van der Waals surface area (Å²) in [7, 11) is 0. The van der Waals surface area contributed by atoms with Crippen LogP contribution in [0.2, 0.25) is 0 Å². The summed E-state index contributed by atoms with van der Waals surface area (Å²) in [4.78, 5) is 4.44. The van der Waals surface area contributed by atoms with Crippen molar-refractivity contribution in [3.05, 3.63) is 48.3 Å². The summed E-state index contributed by atoms with van der Waals surface area (Å²) >= 11 is 0. The molecule has 0 aliphatic heterocycles. The van der Waals surface area contributed by atoms with Gasteiger partial charge >= 0.3 is 0 Å². The Hall–Kier alpha value is -2.44. The molecule has 0 aliphatic carbocycles. The third-order valence-electron chi connectivity index (χ3n) is 3.53. The molecule has 6 heteroatoms. The number of halogens is 1. The number of anilines is 1. The Morgan fingerprint density at radius 1 is 1.18 bits per heavy atom. The summed E-state index contributed by atoms with van der Waals surface area (Å²) in [5.74, 6) is -0.0328. The smallest absolute Gasteiger partial charge is 0.144 e. The summed E-state index contributed by atoms with van der Waals surface area (Å²) in [5, 5.41) is 18.9. The zero-order valence-electron chi connectivity index (χ0n) is 11.8. The first-order chi connectivity index (χ1) is 10.6. The lowest BCUT2D eigenvalue weighted by Gasteiger charge is -2.13. The minimum Gasteiger partial charge on any atom is -0.397 e. The second-order valence-corrected chi connectivity index (χ2v) is 5.08. The van der Waals surface area contributed by atoms with Gasteiger partial charge in [-0.25, -0.2) is 9.37 Å². The summed E-state index contributed by atoms with van der Waals surface area (Å²) in [6, 6.07) is 11.6. The van der Waals surface area contributed by atoms with Gasteiger partial charge in [0, 0.05) is 0 Å². The molecule has 1 aromatic heterocycles. The van der Waals surface area contributed by atoms with Gasteiger partial charge in [-0.15, -0.1) is 0 Å². The van der Waals surface area contributed by atoms with E-state index in [0.717, 1.165) is 0 Å².